The zero-order valence-corrected chi connectivity index (χ0v) is 15.5. The summed E-state index contributed by atoms with van der Waals surface area (Å²) >= 11 is 0. The Bertz CT molecular complexity index is 674. The number of ether oxygens (including phenoxy) is 2. The van der Waals surface area contributed by atoms with Crippen molar-refractivity contribution in [2.45, 2.75) is 49.9 Å². The average molecular weight is 360 g/mol. The molecule has 2 heterocycles. The third-order valence-electron chi connectivity index (χ3n) is 5.70. The molecule has 2 aliphatic heterocycles. The summed E-state index contributed by atoms with van der Waals surface area (Å²) in [5.41, 5.74) is 2.28. The molecule has 1 amide bonds. The maximum absolute atomic E-state index is 12.2. The van der Waals surface area contributed by atoms with E-state index < -0.39 is 6.10 Å². The molecule has 142 valence electrons. The number of nitrogens with zero attached hydrogens (tertiary/aromatic N) is 1. The van der Waals surface area contributed by atoms with Crippen LogP contribution in [0.1, 0.15) is 37.2 Å². The van der Waals surface area contributed by atoms with Crippen LogP contribution in [-0.2, 0) is 9.53 Å². The minimum Gasteiger partial charge on any atom is -0.487 e. The second kappa shape index (κ2) is 7.08. The van der Waals surface area contributed by atoms with Gasteiger partial charge in [-0.3, -0.25) is 4.79 Å². The first-order chi connectivity index (χ1) is 12.5. The van der Waals surface area contributed by atoms with Crippen LogP contribution < -0.4 is 15.0 Å². The Morgan fingerprint density at radius 3 is 2.85 bits per heavy atom. The van der Waals surface area contributed by atoms with E-state index in [0.717, 1.165) is 30.0 Å². The topological polar surface area (TPSA) is 71.0 Å². The largest absolute Gasteiger partial charge is 0.487 e. The lowest BCUT2D eigenvalue weighted by Gasteiger charge is -2.37. The van der Waals surface area contributed by atoms with Crippen LogP contribution in [0.5, 0.6) is 5.75 Å². The van der Waals surface area contributed by atoms with E-state index in [2.05, 4.69) is 16.3 Å². The van der Waals surface area contributed by atoms with Gasteiger partial charge in [0.05, 0.1) is 19.1 Å². The highest BCUT2D eigenvalue weighted by Crippen LogP contribution is 2.47. The number of aliphatic hydroxyl groups excluding tert-OH is 1. The van der Waals surface area contributed by atoms with Crippen molar-refractivity contribution in [2.75, 3.05) is 32.1 Å². The van der Waals surface area contributed by atoms with E-state index in [1.807, 2.05) is 26.2 Å². The molecule has 6 heteroatoms. The summed E-state index contributed by atoms with van der Waals surface area (Å²) in [5, 5.41) is 12.8. The Morgan fingerprint density at radius 2 is 2.15 bits per heavy atom. The van der Waals surface area contributed by atoms with Gasteiger partial charge in [0.15, 0.2) is 0 Å². The van der Waals surface area contributed by atoms with Crippen molar-refractivity contribution in [1.82, 2.24) is 5.32 Å². The highest BCUT2D eigenvalue weighted by atomic mass is 16.6. The lowest BCUT2D eigenvalue weighted by molar-refractivity contribution is -0.142. The Hall–Kier alpha value is -1.79. The van der Waals surface area contributed by atoms with Gasteiger partial charge in [-0.1, -0.05) is 0 Å². The SMILES string of the molecule is CN(C)c1ccc2c(c1)[C@H]1C[C@H](CC(=O)NCC3CC3)O[C@H](CO)[C@H]1O2. The van der Waals surface area contributed by atoms with E-state index in [4.69, 9.17) is 9.47 Å². The van der Waals surface area contributed by atoms with Crippen LogP contribution in [0.25, 0.3) is 0 Å². The molecule has 0 bridgehead atoms. The van der Waals surface area contributed by atoms with Crippen LogP contribution in [0.3, 0.4) is 0 Å². The fraction of sp³-hybridized carbons (Fsp3) is 0.650. The highest BCUT2D eigenvalue weighted by Gasteiger charge is 2.46. The number of rotatable bonds is 6. The van der Waals surface area contributed by atoms with Crippen molar-refractivity contribution >= 4 is 11.6 Å². The van der Waals surface area contributed by atoms with Crippen LogP contribution in [0.2, 0.25) is 0 Å². The molecule has 1 aromatic carbocycles. The van der Waals surface area contributed by atoms with Gasteiger partial charge in [0.25, 0.3) is 0 Å². The number of benzene rings is 1. The average Bonchev–Trinajstić information content (AvgIpc) is 3.39. The third-order valence-corrected chi connectivity index (χ3v) is 5.70. The summed E-state index contributed by atoms with van der Waals surface area (Å²) in [5.74, 6) is 1.72. The van der Waals surface area contributed by atoms with Crippen molar-refractivity contribution in [2.24, 2.45) is 5.92 Å². The van der Waals surface area contributed by atoms with Crippen molar-refractivity contribution in [3.63, 3.8) is 0 Å². The predicted octanol–water partition coefficient (Wildman–Crippen LogP) is 1.66. The molecule has 6 nitrogen and oxygen atoms in total. The summed E-state index contributed by atoms with van der Waals surface area (Å²) < 4.78 is 12.1. The van der Waals surface area contributed by atoms with E-state index in [1.165, 1.54) is 12.8 Å². The molecule has 4 rings (SSSR count). The molecule has 1 saturated carbocycles. The van der Waals surface area contributed by atoms with Gasteiger partial charge >= 0.3 is 0 Å². The van der Waals surface area contributed by atoms with Gasteiger partial charge in [0, 0.05) is 37.8 Å². The van der Waals surface area contributed by atoms with E-state index in [-0.39, 0.29) is 30.6 Å². The fourth-order valence-electron chi connectivity index (χ4n) is 4.01. The van der Waals surface area contributed by atoms with E-state index in [1.54, 1.807) is 0 Å². The minimum atomic E-state index is -0.398. The number of anilines is 1. The van der Waals surface area contributed by atoms with Crippen molar-refractivity contribution in [1.29, 1.82) is 0 Å². The number of hydrogen-bond acceptors (Lipinski definition) is 5. The maximum atomic E-state index is 12.2. The van der Waals surface area contributed by atoms with E-state index >= 15 is 0 Å². The van der Waals surface area contributed by atoms with Gasteiger partial charge in [-0.2, -0.15) is 0 Å². The van der Waals surface area contributed by atoms with Crippen LogP contribution >= 0.6 is 0 Å². The second-order valence-electron chi connectivity index (χ2n) is 7.97. The zero-order valence-electron chi connectivity index (χ0n) is 15.5. The van der Waals surface area contributed by atoms with Crippen LogP contribution in [0.15, 0.2) is 18.2 Å². The van der Waals surface area contributed by atoms with E-state index in [0.29, 0.717) is 12.3 Å². The first-order valence-electron chi connectivity index (χ1n) is 9.56. The molecule has 1 aromatic rings. The molecule has 3 aliphatic rings. The monoisotopic (exact) mass is 360 g/mol. The minimum absolute atomic E-state index is 0.0400. The molecule has 26 heavy (non-hydrogen) atoms. The molecule has 0 unspecified atom stereocenters. The number of aliphatic hydroxyl groups is 1. The lowest BCUT2D eigenvalue weighted by Crippen LogP contribution is -2.47. The number of carbonyl (C=O) groups is 1. The Kier molecular flexibility index (Phi) is 4.80. The van der Waals surface area contributed by atoms with Crippen molar-refractivity contribution in [3.8, 4) is 5.75 Å². The van der Waals surface area contributed by atoms with Gasteiger partial charge in [0.2, 0.25) is 5.91 Å². The smallest absolute Gasteiger partial charge is 0.222 e. The number of amides is 1. The van der Waals surface area contributed by atoms with E-state index in [9.17, 15) is 9.90 Å². The predicted molar refractivity (Wildman–Crippen MR) is 98.6 cm³/mol. The normalized spacial score (nSPS) is 29.5. The van der Waals surface area contributed by atoms with Crippen LogP contribution in [0.4, 0.5) is 5.69 Å². The first-order valence-corrected chi connectivity index (χ1v) is 9.56. The number of carbonyl (C=O) groups excluding carboxylic acids is 1. The maximum Gasteiger partial charge on any atom is 0.222 e. The Labute approximate surface area is 154 Å². The lowest BCUT2D eigenvalue weighted by atomic mass is 9.84. The molecule has 0 spiro atoms. The number of hydrogen-bond donors (Lipinski definition) is 2. The third kappa shape index (κ3) is 3.53. The van der Waals surface area contributed by atoms with Gasteiger partial charge in [-0.25, -0.2) is 0 Å². The Morgan fingerprint density at radius 1 is 1.35 bits per heavy atom. The second-order valence-corrected chi connectivity index (χ2v) is 7.97. The molecule has 2 fully saturated rings. The van der Waals surface area contributed by atoms with Gasteiger partial charge in [-0.05, 0) is 43.4 Å². The fourth-order valence-corrected chi connectivity index (χ4v) is 4.01. The standard InChI is InChI=1S/C20H28N2O4/c1-22(2)13-5-6-17-15(7-13)16-8-14(25-18(11-23)20(16)26-17)9-19(24)21-10-12-3-4-12/h5-7,12,14,16,18,20,23H,3-4,8-11H2,1-2H3,(H,21,24)/t14-,16-,18-,20+/m1/s1. The molecule has 2 N–H and O–H groups in total. The summed E-state index contributed by atoms with van der Waals surface area (Å²) in [6, 6.07) is 6.19. The van der Waals surface area contributed by atoms with Crippen LogP contribution in [-0.4, -0.2) is 56.6 Å². The molecular formula is C20H28N2O4. The van der Waals surface area contributed by atoms with Gasteiger partial charge in [-0.15, -0.1) is 0 Å². The quantitative estimate of drug-likeness (QED) is 0.807. The summed E-state index contributed by atoms with van der Waals surface area (Å²) in [7, 11) is 4.03. The zero-order chi connectivity index (χ0) is 18.3. The first kappa shape index (κ1) is 17.6. The molecule has 0 radical (unpaired) electrons. The summed E-state index contributed by atoms with van der Waals surface area (Å²) in [6.07, 6.45) is 2.75. The van der Waals surface area contributed by atoms with Gasteiger partial charge in [0.1, 0.15) is 18.0 Å². The van der Waals surface area contributed by atoms with Crippen LogP contribution in [0, 0.1) is 5.92 Å². The highest BCUT2D eigenvalue weighted by molar-refractivity contribution is 5.76. The molecule has 4 atom stereocenters. The Balaban J connectivity index is 1.47. The molecule has 1 aliphatic carbocycles. The summed E-state index contributed by atoms with van der Waals surface area (Å²) in [6.45, 7) is 0.676. The number of fused-ring (bicyclic) bond motifs is 3. The molecule has 1 saturated heterocycles. The van der Waals surface area contributed by atoms with Crippen molar-refractivity contribution in [3.05, 3.63) is 23.8 Å². The number of nitrogens with one attached hydrogen (secondary N) is 1. The summed E-state index contributed by atoms with van der Waals surface area (Å²) in [4.78, 5) is 14.3. The molecular weight excluding hydrogens is 332 g/mol. The van der Waals surface area contributed by atoms with Gasteiger partial charge < -0.3 is 24.8 Å². The molecule has 0 aromatic heterocycles. The van der Waals surface area contributed by atoms with Crippen molar-refractivity contribution < 1.29 is 19.4 Å².